The van der Waals surface area contributed by atoms with Crippen molar-refractivity contribution in [2.45, 2.75) is 141 Å². The number of rotatable bonds is 18. The third-order valence-electron chi connectivity index (χ3n) is 22.3. The molecule has 5 fully saturated rings. The van der Waals surface area contributed by atoms with Gasteiger partial charge in [-0.25, -0.2) is 78.6 Å². The summed E-state index contributed by atoms with van der Waals surface area (Å²) in [5, 5.41) is 21.6. The van der Waals surface area contributed by atoms with Gasteiger partial charge in [0.2, 0.25) is 5.91 Å². The molecule has 5 saturated heterocycles. The Morgan fingerprint density at radius 1 is 0.441 bits per heavy atom. The molecule has 6 amide bonds. The number of hydrogen-bond donors (Lipinski definition) is 5. The summed E-state index contributed by atoms with van der Waals surface area (Å²) >= 11 is 39.3. The molecule has 0 spiro atoms. The number of aromatic nitrogens is 15. The Morgan fingerprint density at radius 2 is 0.776 bits per heavy atom. The number of aliphatic carboxylic acids is 1. The number of carboxylic acids is 1. The zero-order valence-corrected chi connectivity index (χ0v) is 85.0. The number of anilines is 1. The van der Waals surface area contributed by atoms with Crippen molar-refractivity contribution in [1.29, 1.82) is 5.26 Å². The van der Waals surface area contributed by atoms with E-state index in [0.29, 0.717) is 111 Å². The number of thiol groups is 1. The van der Waals surface area contributed by atoms with Gasteiger partial charge in [-0.2, -0.15) is 5.26 Å². The van der Waals surface area contributed by atoms with Crippen LogP contribution in [0.5, 0.6) is 0 Å². The van der Waals surface area contributed by atoms with Gasteiger partial charge in [-0.3, -0.25) is 52.5 Å². The van der Waals surface area contributed by atoms with Crippen molar-refractivity contribution >= 4 is 187 Å². The zero-order valence-electron chi connectivity index (χ0n) is 76.3. The fraction of sp³-hybridized carbons (Fsp3) is 0.284. The second kappa shape index (κ2) is 56.5. The molecule has 5 aliphatic rings. The number of nitrogens with two attached hydrogens (primary N) is 2. The SMILES string of the molecule is Cl.N#Cc1nccnc1Cl.NCc1nccnc1Cl.Nc1nccn2c([C@@H]3CCCN3C(=O)OCc3ccccc3)nc(Br)c12.O=C(NCc1nccnc1Cl)[C@@H]1CCCN1C(=O)OCc1ccccc1.O=C(O)[C@@H]1CCCN1C(=O)OCc1ccccc1.O=C(OCc1ccccc1)N1CCC[C@H]1c1nc(Br)c2c(Cl)nccn12.O=C(OCc1ccccc1)N1CCC[C@H]1c1ncc2c(Cl)nccn12.[B]=NS. The van der Waals surface area contributed by atoms with Gasteiger partial charge in [-0.05, 0) is 124 Å². The molecule has 5 aliphatic heterocycles. The number of carbonyl (C=O) groups is 7. The number of halogens is 8. The maximum absolute atomic E-state index is 12.6. The third-order valence-corrected chi connectivity index (χ3v) is 24.9. The molecule has 743 valence electrons. The van der Waals surface area contributed by atoms with Gasteiger partial charge in [-0.15, -0.1) is 12.4 Å². The van der Waals surface area contributed by atoms with Crippen molar-refractivity contribution < 1.29 is 62.4 Å². The van der Waals surface area contributed by atoms with E-state index >= 15 is 0 Å². The van der Waals surface area contributed by atoms with Gasteiger partial charge in [0, 0.05) is 114 Å². The van der Waals surface area contributed by atoms with E-state index in [1.54, 1.807) is 58.0 Å². The standard InChI is InChI=1S/C18H16BrClN4O2.C18H18BrN5O2.C18H19ClN4O3.C18H17ClN4O2.C13H15NO4.C5H6ClN3.C5H2ClN3.BHNS.ClH/c2*19-15-14-16(20)21-8-10-24(14)17(22-15)13-7-4-9-23(13)18(25)26-11-12-5-2-1-3-6-12;19-16-14(20-8-9-21-16)11-22-17(24)15-7-4-10-23(15)18(25)26-12-13-5-2-1-3-6-13;19-16-15-11-21-17(22(15)10-8-20-16)14-7-4-9-23(14)18(24)25-12-13-5-2-1-3-6-13;15-12(16)11-7-4-8-14(11)13(17)18-9-10-5-2-1-3-6-10;2*6-5-4(3-7)8-1-2-9-5;1-2-3;/h1-3,5-6,8,10,13H,4,7,9,11H2;1-3,5-6,8,10,13H,4,7,9,11H2,(H2,20,21);1-3,5-6,8-9,15H,4,7,10-12H2,(H,22,24);1-3,5-6,8,10-11,14H,4,7,9,12H2;1-3,5-6,11H,4,7-9H2,(H,15,16);1-2H,3,7H2;1-2H;3H;1H/t2*13-;15-;14-;11-;;;;/m00000..../s1. The molecule has 14 aromatic rings. The van der Waals surface area contributed by atoms with Gasteiger partial charge >= 0.3 is 61.2 Å². The Kier molecular flexibility index (Phi) is 43.5. The van der Waals surface area contributed by atoms with Crippen LogP contribution in [0.25, 0.3) is 16.6 Å². The Bertz CT molecular complexity index is 6460. The Morgan fingerprint density at radius 3 is 1.17 bits per heavy atom. The number of ether oxygens (including phenoxy) is 5. The molecule has 6 N–H and O–H groups in total. The van der Waals surface area contributed by atoms with E-state index in [1.807, 2.05) is 177 Å². The van der Waals surface area contributed by atoms with E-state index in [-0.39, 0.29) is 110 Å². The predicted octanol–water partition coefficient (Wildman–Crippen LogP) is 18.6. The number of carbonyl (C=O) groups excluding carboxylic acids is 6. The van der Waals surface area contributed by atoms with Gasteiger partial charge in [0.05, 0.1) is 42.3 Å². The van der Waals surface area contributed by atoms with E-state index in [4.69, 9.17) is 104 Å². The summed E-state index contributed by atoms with van der Waals surface area (Å²) in [7, 11) is 4.34. The van der Waals surface area contributed by atoms with Crippen LogP contribution in [-0.4, -0.2) is 197 Å². The first-order valence-electron chi connectivity index (χ1n) is 44.3. The van der Waals surface area contributed by atoms with Crippen molar-refractivity contribution in [2.75, 3.05) is 38.5 Å². The van der Waals surface area contributed by atoms with Crippen LogP contribution in [0.15, 0.2) is 246 Å². The molecular weight excluding hydrogens is 2110 g/mol. The van der Waals surface area contributed by atoms with Crippen LogP contribution in [0, 0.1) is 11.3 Å². The van der Waals surface area contributed by atoms with Crippen LogP contribution < -0.4 is 16.8 Å². The number of nitrogen functional groups attached to an aromatic ring is 1. The number of carboxylic acid groups (broad SMARTS) is 1. The molecule has 0 unspecified atom stereocenters. The normalized spacial score (nSPS) is 15.7. The van der Waals surface area contributed by atoms with Gasteiger partial charge in [0.15, 0.2) is 37.3 Å². The van der Waals surface area contributed by atoms with Crippen LogP contribution in [0.4, 0.5) is 29.8 Å². The number of hydrogen-bond acceptors (Lipinski definition) is 29. The molecule has 0 bridgehead atoms. The van der Waals surface area contributed by atoms with Crippen LogP contribution >= 0.6 is 115 Å². The molecule has 0 saturated carbocycles. The van der Waals surface area contributed by atoms with Crippen LogP contribution in [0.2, 0.25) is 25.8 Å². The average molecular weight is 2210 g/mol. The molecule has 143 heavy (non-hydrogen) atoms. The van der Waals surface area contributed by atoms with Gasteiger partial charge in [-0.1, -0.05) is 210 Å². The molecule has 1 radical (unpaired) electrons. The number of amides is 6. The molecule has 5 atom stereocenters. The summed E-state index contributed by atoms with van der Waals surface area (Å²) in [6, 6.07) is 47.8. The van der Waals surface area contributed by atoms with Gasteiger partial charge in [0.25, 0.3) is 0 Å². The number of fused-ring (bicyclic) bond motifs is 3. The first kappa shape index (κ1) is 110. The molecule has 14 heterocycles. The molecule has 38 nitrogen and oxygen atoms in total. The van der Waals surface area contributed by atoms with Crippen LogP contribution in [0.3, 0.4) is 0 Å². The predicted molar refractivity (Wildman–Crippen MR) is 545 cm³/mol. The fourth-order valence-electron chi connectivity index (χ4n) is 15.6. The first-order chi connectivity index (χ1) is 69.0. The number of nitrogens with zero attached hydrogens (tertiary/aromatic N) is 22. The maximum atomic E-state index is 12.6. The average Bonchev–Trinajstić information content (AvgIpc) is 1.62. The Hall–Kier alpha value is -13.3. The third kappa shape index (κ3) is 30.8. The zero-order chi connectivity index (χ0) is 101. The topological polar surface area (TPSA) is 470 Å². The summed E-state index contributed by atoms with van der Waals surface area (Å²) in [4.78, 5) is 142. The fourth-order valence-corrected chi connectivity index (χ4v) is 17.8. The van der Waals surface area contributed by atoms with E-state index in [2.05, 4.69) is 122 Å². The van der Waals surface area contributed by atoms with E-state index in [0.717, 1.165) is 95.8 Å². The minimum absolute atomic E-state index is 0. The molecule has 5 aromatic carbocycles. The number of likely N-dealkylation sites (tertiary alicyclic amines) is 5. The summed E-state index contributed by atoms with van der Waals surface area (Å²) in [5.41, 5.74) is 19.4. The van der Waals surface area contributed by atoms with Gasteiger partial charge < -0.3 is 45.6 Å². The van der Waals surface area contributed by atoms with E-state index in [1.165, 1.54) is 40.8 Å². The van der Waals surface area contributed by atoms with Crippen molar-refractivity contribution in [3.05, 3.63) is 330 Å². The van der Waals surface area contributed by atoms with Crippen LogP contribution in [0.1, 0.15) is 145 Å². The second-order valence-electron chi connectivity index (χ2n) is 31.3. The van der Waals surface area contributed by atoms with E-state index < -0.39 is 30.2 Å². The summed E-state index contributed by atoms with van der Waals surface area (Å²) < 4.78 is 36.6. The quantitative estimate of drug-likeness (QED) is 0.0302. The van der Waals surface area contributed by atoms with E-state index in [9.17, 15) is 33.6 Å². The second-order valence-corrected chi connectivity index (χ2v) is 34.8. The number of benzene rings is 5. The number of nitrogens with one attached hydrogen (secondary N) is 1. The Balaban J connectivity index is 0.000000162. The van der Waals surface area contributed by atoms with Gasteiger partial charge in [0.1, 0.15) is 94.4 Å². The number of imidazole rings is 3. The molecule has 9 aromatic heterocycles. The molecular formula is C95H95BBr2Cl6N25O13S. The van der Waals surface area contributed by atoms with Crippen molar-refractivity contribution in [3.8, 4) is 6.07 Å². The summed E-state index contributed by atoms with van der Waals surface area (Å²) in [6.07, 6.45) is 26.7. The van der Waals surface area contributed by atoms with Crippen molar-refractivity contribution in [1.82, 2.24) is 103 Å². The number of nitriles is 1. The van der Waals surface area contributed by atoms with Crippen LogP contribution in [-0.2, 0) is 79.4 Å². The molecule has 48 heteroatoms. The van der Waals surface area contributed by atoms with Crippen molar-refractivity contribution in [3.63, 3.8) is 0 Å². The molecule has 0 aliphatic carbocycles. The minimum atomic E-state index is -0.968. The monoisotopic (exact) mass is 2200 g/mol. The Labute approximate surface area is 875 Å². The summed E-state index contributed by atoms with van der Waals surface area (Å²) in [5.74, 6) is 1.48. The molecule has 19 rings (SSSR count). The summed E-state index contributed by atoms with van der Waals surface area (Å²) in [6.45, 7) is 4.52. The van der Waals surface area contributed by atoms with Crippen molar-refractivity contribution in [2.24, 2.45) is 10.0 Å². The first-order valence-corrected chi connectivity index (χ1v) is 48.2.